The lowest BCUT2D eigenvalue weighted by Crippen LogP contribution is -2.39. The fraction of sp³-hybridized carbons (Fsp3) is 0.273. The number of hydrogen-bond acceptors (Lipinski definition) is 5. The molecular formula is C11H11N5O3. The number of furan rings is 1. The standard InChI is InChI=1S/C11H11N5O3/c17-9-4-8(16-11(15-9)13-6-14-16)10(18)12-5-7-2-1-3-19-7/h1-3,6,8H,4-5H2,(H,12,18)(H,13,14,15,17)/t8-/m0/s1. The SMILES string of the molecule is O=C1C[C@@H](C(=O)NCc2ccco2)n2ncnc2N1. The molecule has 2 aromatic heterocycles. The molecule has 1 atom stereocenters. The Hall–Kier alpha value is -2.64. The van der Waals surface area contributed by atoms with Crippen molar-refractivity contribution in [1.29, 1.82) is 0 Å². The van der Waals surface area contributed by atoms with Gasteiger partial charge in [-0.05, 0) is 12.1 Å². The van der Waals surface area contributed by atoms with Gasteiger partial charge in [0.15, 0.2) is 0 Å². The first-order chi connectivity index (χ1) is 9.24. The van der Waals surface area contributed by atoms with Crippen molar-refractivity contribution >= 4 is 17.8 Å². The van der Waals surface area contributed by atoms with Crippen LogP contribution in [0.25, 0.3) is 0 Å². The third-order valence-corrected chi connectivity index (χ3v) is 2.82. The summed E-state index contributed by atoms with van der Waals surface area (Å²) in [5, 5.41) is 9.20. The number of hydrogen-bond donors (Lipinski definition) is 2. The summed E-state index contributed by atoms with van der Waals surface area (Å²) in [5.41, 5.74) is 0. The molecule has 2 N–H and O–H groups in total. The zero-order valence-electron chi connectivity index (χ0n) is 9.87. The fourth-order valence-corrected chi connectivity index (χ4v) is 1.91. The van der Waals surface area contributed by atoms with E-state index < -0.39 is 6.04 Å². The Balaban J connectivity index is 1.72. The van der Waals surface area contributed by atoms with Gasteiger partial charge in [-0.1, -0.05) is 0 Å². The van der Waals surface area contributed by atoms with E-state index in [9.17, 15) is 9.59 Å². The molecule has 0 saturated carbocycles. The van der Waals surface area contributed by atoms with E-state index in [-0.39, 0.29) is 30.7 Å². The zero-order valence-corrected chi connectivity index (χ0v) is 9.87. The topological polar surface area (TPSA) is 102 Å². The number of anilines is 1. The van der Waals surface area contributed by atoms with Crippen LogP contribution in [0.5, 0.6) is 0 Å². The van der Waals surface area contributed by atoms with Crippen LogP contribution in [-0.2, 0) is 16.1 Å². The predicted molar refractivity (Wildman–Crippen MR) is 62.9 cm³/mol. The van der Waals surface area contributed by atoms with Crippen molar-refractivity contribution < 1.29 is 14.0 Å². The molecule has 0 aliphatic carbocycles. The smallest absolute Gasteiger partial charge is 0.245 e. The molecule has 0 unspecified atom stereocenters. The molecule has 19 heavy (non-hydrogen) atoms. The summed E-state index contributed by atoms with van der Waals surface area (Å²) in [6.45, 7) is 0.272. The number of rotatable bonds is 3. The van der Waals surface area contributed by atoms with Crippen molar-refractivity contribution in [2.24, 2.45) is 0 Å². The molecule has 0 radical (unpaired) electrons. The van der Waals surface area contributed by atoms with Gasteiger partial charge in [0.05, 0.1) is 19.2 Å². The molecule has 3 heterocycles. The van der Waals surface area contributed by atoms with Crippen molar-refractivity contribution in [3.05, 3.63) is 30.5 Å². The van der Waals surface area contributed by atoms with Gasteiger partial charge in [0.1, 0.15) is 18.1 Å². The highest BCUT2D eigenvalue weighted by atomic mass is 16.3. The highest BCUT2D eigenvalue weighted by Crippen LogP contribution is 2.21. The molecule has 2 amide bonds. The van der Waals surface area contributed by atoms with E-state index in [1.807, 2.05) is 0 Å². The average Bonchev–Trinajstić information content (AvgIpc) is 3.05. The van der Waals surface area contributed by atoms with Gasteiger partial charge in [-0.15, -0.1) is 0 Å². The largest absolute Gasteiger partial charge is 0.467 e. The number of nitrogens with one attached hydrogen (secondary N) is 2. The van der Waals surface area contributed by atoms with Crippen molar-refractivity contribution in [3.8, 4) is 0 Å². The van der Waals surface area contributed by atoms with E-state index in [1.54, 1.807) is 12.1 Å². The van der Waals surface area contributed by atoms with Crippen molar-refractivity contribution in [2.45, 2.75) is 19.0 Å². The van der Waals surface area contributed by atoms with Gasteiger partial charge < -0.3 is 9.73 Å². The van der Waals surface area contributed by atoms with E-state index in [0.717, 1.165) is 0 Å². The Morgan fingerprint density at radius 2 is 2.53 bits per heavy atom. The summed E-state index contributed by atoms with van der Waals surface area (Å²) in [7, 11) is 0. The molecule has 8 nitrogen and oxygen atoms in total. The van der Waals surface area contributed by atoms with Crippen molar-refractivity contribution in [2.75, 3.05) is 5.32 Å². The van der Waals surface area contributed by atoms with Crippen LogP contribution in [0.2, 0.25) is 0 Å². The molecule has 1 aliphatic rings. The molecular weight excluding hydrogens is 250 g/mol. The highest BCUT2D eigenvalue weighted by Gasteiger charge is 2.31. The normalized spacial score (nSPS) is 17.7. The van der Waals surface area contributed by atoms with E-state index >= 15 is 0 Å². The van der Waals surface area contributed by atoms with Gasteiger partial charge in [-0.25, -0.2) is 4.68 Å². The third kappa shape index (κ3) is 2.19. The second kappa shape index (κ2) is 4.56. The molecule has 0 spiro atoms. The van der Waals surface area contributed by atoms with E-state index in [2.05, 4.69) is 20.7 Å². The van der Waals surface area contributed by atoms with Crippen LogP contribution in [-0.4, -0.2) is 26.6 Å². The second-order valence-electron chi connectivity index (χ2n) is 4.09. The Bertz CT molecular complexity index is 604. The summed E-state index contributed by atoms with van der Waals surface area (Å²) >= 11 is 0. The lowest BCUT2D eigenvalue weighted by molar-refractivity contribution is -0.129. The Morgan fingerprint density at radius 1 is 1.63 bits per heavy atom. The van der Waals surface area contributed by atoms with E-state index in [4.69, 9.17) is 4.42 Å². The number of amides is 2. The molecule has 0 bridgehead atoms. The second-order valence-corrected chi connectivity index (χ2v) is 4.09. The molecule has 8 heteroatoms. The minimum Gasteiger partial charge on any atom is -0.467 e. The van der Waals surface area contributed by atoms with Gasteiger partial charge in [-0.2, -0.15) is 10.1 Å². The summed E-state index contributed by atoms with van der Waals surface area (Å²) in [6.07, 6.45) is 2.87. The Labute approximate surface area is 107 Å². The minimum absolute atomic E-state index is 0.0420. The van der Waals surface area contributed by atoms with Gasteiger partial charge in [0.2, 0.25) is 17.8 Å². The van der Waals surface area contributed by atoms with Crippen LogP contribution in [0.3, 0.4) is 0 Å². The van der Waals surface area contributed by atoms with Gasteiger partial charge in [0, 0.05) is 0 Å². The zero-order chi connectivity index (χ0) is 13.2. The number of fused-ring (bicyclic) bond motifs is 1. The molecule has 1 aliphatic heterocycles. The lowest BCUT2D eigenvalue weighted by atomic mass is 10.1. The van der Waals surface area contributed by atoms with Crippen LogP contribution < -0.4 is 10.6 Å². The van der Waals surface area contributed by atoms with Gasteiger partial charge in [-0.3, -0.25) is 14.9 Å². The summed E-state index contributed by atoms with van der Waals surface area (Å²) < 4.78 is 6.52. The lowest BCUT2D eigenvalue weighted by Gasteiger charge is -2.22. The van der Waals surface area contributed by atoms with Crippen molar-refractivity contribution in [3.63, 3.8) is 0 Å². The number of carbonyl (C=O) groups excluding carboxylic acids is 2. The van der Waals surface area contributed by atoms with Crippen LogP contribution >= 0.6 is 0 Å². The maximum atomic E-state index is 12.1. The molecule has 0 fully saturated rings. The van der Waals surface area contributed by atoms with Gasteiger partial charge >= 0.3 is 0 Å². The first-order valence-corrected chi connectivity index (χ1v) is 5.73. The monoisotopic (exact) mass is 261 g/mol. The average molecular weight is 261 g/mol. The van der Waals surface area contributed by atoms with Crippen molar-refractivity contribution in [1.82, 2.24) is 20.1 Å². The molecule has 98 valence electrons. The molecule has 3 rings (SSSR count). The minimum atomic E-state index is -0.679. The number of carbonyl (C=O) groups is 2. The summed E-state index contributed by atoms with van der Waals surface area (Å²) in [5.74, 6) is 0.387. The first kappa shape index (κ1) is 11.5. The summed E-state index contributed by atoms with van der Waals surface area (Å²) in [6, 6.07) is 2.82. The highest BCUT2D eigenvalue weighted by molar-refractivity contribution is 5.95. The van der Waals surface area contributed by atoms with Gasteiger partial charge in [0.25, 0.3) is 0 Å². The Kier molecular flexibility index (Phi) is 2.75. The third-order valence-electron chi connectivity index (χ3n) is 2.82. The quantitative estimate of drug-likeness (QED) is 0.814. The molecule has 2 aromatic rings. The van der Waals surface area contributed by atoms with Crippen LogP contribution in [0.4, 0.5) is 5.95 Å². The maximum absolute atomic E-state index is 12.1. The first-order valence-electron chi connectivity index (χ1n) is 5.73. The summed E-state index contributed by atoms with van der Waals surface area (Å²) in [4.78, 5) is 27.4. The molecule has 0 aromatic carbocycles. The van der Waals surface area contributed by atoms with Crippen LogP contribution in [0, 0.1) is 0 Å². The van der Waals surface area contributed by atoms with E-state index in [0.29, 0.717) is 5.76 Å². The fourth-order valence-electron chi connectivity index (χ4n) is 1.91. The van der Waals surface area contributed by atoms with E-state index in [1.165, 1.54) is 17.3 Å². The maximum Gasteiger partial charge on any atom is 0.245 e. The predicted octanol–water partition coefficient (Wildman–Crippen LogP) is 0.0708. The molecule has 0 saturated heterocycles. The Morgan fingerprint density at radius 3 is 3.32 bits per heavy atom. The van der Waals surface area contributed by atoms with Crippen LogP contribution in [0.1, 0.15) is 18.2 Å². The van der Waals surface area contributed by atoms with Crippen LogP contribution in [0.15, 0.2) is 29.1 Å². The number of nitrogens with zero attached hydrogens (tertiary/aromatic N) is 3. The number of aromatic nitrogens is 3.